The Morgan fingerprint density at radius 3 is 2.50 bits per heavy atom. The van der Waals surface area contributed by atoms with Crippen LogP contribution in [0.5, 0.6) is 0 Å². The van der Waals surface area contributed by atoms with Crippen molar-refractivity contribution in [1.29, 1.82) is 0 Å². The van der Waals surface area contributed by atoms with E-state index >= 15 is 0 Å². The molecule has 0 aromatic rings. The van der Waals surface area contributed by atoms with E-state index in [0.29, 0.717) is 26.1 Å². The Kier molecular flexibility index (Phi) is 6.87. The summed E-state index contributed by atoms with van der Waals surface area (Å²) in [4.78, 5) is 11.1. The lowest BCUT2D eigenvalue weighted by Crippen LogP contribution is -2.52. The largest absolute Gasteiger partial charge is 0.466 e. The predicted octanol–water partition coefficient (Wildman–Crippen LogP) is 0.273. The minimum absolute atomic E-state index is 0.116. The number of ether oxygens (including phenoxy) is 2. The number of morpholine rings is 1. The van der Waals surface area contributed by atoms with Crippen LogP contribution in [-0.2, 0) is 24.5 Å². The zero-order valence-electron chi connectivity index (χ0n) is 12.3. The highest BCUT2D eigenvalue weighted by molar-refractivity contribution is 7.87. The first kappa shape index (κ1) is 17.4. The molecule has 1 aliphatic rings. The van der Waals surface area contributed by atoms with Crippen molar-refractivity contribution in [1.82, 2.24) is 9.03 Å². The summed E-state index contributed by atoms with van der Waals surface area (Å²) in [5.41, 5.74) is 0. The maximum Gasteiger partial charge on any atom is 0.305 e. The van der Waals surface area contributed by atoms with Gasteiger partial charge in [-0.25, -0.2) is 4.72 Å². The molecule has 1 N–H and O–H groups in total. The molecule has 0 saturated carbocycles. The fourth-order valence-corrected chi connectivity index (χ4v) is 3.48. The van der Waals surface area contributed by atoms with Crippen molar-refractivity contribution in [2.75, 3.05) is 26.2 Å². The molecule has 0 radical (unpaired) electrons. The molecule has 0 bridgehead atoms. The third-order valence-corrected chi connectivity index (χ3v) is 4.42. The summed E-state index contributed by atoms with van der Waals surface area (Å²) in [6, 6.07) is 0. The number of carbonyl (C=O) groups excluding carboxylic acids is 1. The average molecular weight is 308 g/mol. The Bertz CT molecular complexity index is 402. The summed E-state index contributed by atoms with van der Waals surface area (Å²) >= 11 is 0. The van der Waals surface area contributed by atoms with Crippen LogP contribution in [0.4, 0.5) is 0 Å². The van der Waals surface area contributed by atoms with Crippen LogP contribution in [0.1, 0.15) is 33.6 Å². The van der Waals surface area contributed by atoms with Crippen LogP contribution in [-0.4, -0.2) is 57.1 Å². The lowest BCUT2D eigenvalue weighted by molar-refractivity contribution is -0.143. The van der Waals surface area contributed by atoms with Gasteiger partial charge in [0.1, 0.15) is 0 Å². The third kappa shape index (κ3) is 5.74. The van der Waals surface area contributed by atoms with Crippen LogP contribution >= 0.6 is 0 Å². The number of hydrogen-bond acceptors (Lipinski definition) is 5. The number of esters is 1. The Labute approximate surface area is 120 Å². The summed E-state index contributed by atoms with van der Waals surface area (Å²) in [7, 11) is -3.51. The third-order valence-electron chi connectivity index (χ3n) is 2.87. The summed E-state index contributed by atoms with van der Waals surface area (Å²) < 4.78 is 38.3. The van der Waals surface area contributed by atoms with Gasteiger partial charge in [-0.15, -0.1) is 0 Å². The highest BCUT2D eigenvalue weighted by Gasteiger charge is 2.30. The number of nitrogens with one attached hydrogen (secondary N) is 1. The maximum absolute atomic E-state index is 12.1. The summed E-state index contributed by atoms with van der Waals surface area (Å²) in [6.07, 6.45) is 0.407. The van der Waals surface area contributed by atoms with Crippen molar-refractivity contribution >= 4 is 16.2 Å². The molecule has 1 fully saturated rings. The molecule has 1 rings (SSSR count). The topological polar surface area (TPSA) is 84.9 Å². The fraction of sp³-hybridized carbons (Fsp3) is 0.917. The van der Waals surface area contributed by atoms with Gasteiger partial charge in [0.2, 0.25) is 0 Å². The van der Waals surface area contributed by atoms with E-state index in [9.17, 15) is 13.2 Å². The minimum Gasteiger partial charge on any atom is -0.466 e. The molecular weight excluding hydrogens is 284 g/mol. The fourth-order valence-electron chi connectivity index (χ4n) is 2.09. The Morgan fingerprint density at radius 2 is 1.95 bits per heavy atom. The lowest BCUT2D eigenvalue weighted by atomic mass is 10.3. The van der Waals surface area contributed by atoms with Crippen LogP contribution in [0.2, 0.25) is 0 Å². The molecule has 1 heterocycles. The molecule has 20 heavy (non-hydrogen) atoms. The van der Waals surface area contributed by atoms with Gasteiger partial charge < -0.3 is 9.47 Å². The number of nitrogens with zero attached hydrogens (tertiary/aromatic N) is 1. The molecule has 7 nitrogen and oxygen atoms in total. The van der Waals surface area contributed by atoms with Crippen LogP contribution in [0.3, 0.4) is 0 Å². The molecule has 2 atom stereocenters. The SMILES string of the molecule is CCOC(=O)CCCNS(=O)(=O)N1C[C@@H](C)O[C@H](C)C1. The number of rotatable bonds is 7. The highest BCUT2D eigenvalue weighted by Crippen LogP contribution is 2.13. The summed E-state index contributed by atoms with van der Waals surface area (Å²) in [5, 5.41) is 0. The van der Waals surface area contributed by atoms with E-state index in [4.69, 9.17) is 9.47 Å². The second-order valence-electron chi connectivity index (χ2n) is 4.88. The van der Waals surface area contributed by atoms with Gasteiger partial charge in [-0.1, -0.05) is 0 Å². The first-order valence-electron chi connectivity index (χ1n) is 6.91. The van der Waals surface area contributed by atoms with Gasteiger partial charge in [-0.3, -0.25) is 4.79 Å². The molecule has 1 aliphatic heterocycles. The Balaban J connectivity index is 2.36. The van der Waals surface area contributed by atoms with Crippen molar-refractivity contribution in [3.63, 3.8) is 0 Å². The van der Waals surface area contributed by atoms with Gasteiger partial charge in [-0.05, 0) is 27.2 Å². The average Bonchev–Trinajstić information content (AvgIpc) is 2.34. The van der Waals surface area contributed by atoms with Crippen LogP contribution < -0.4 is 4.72 Å². The lowest BCUT2D eigenvalue weighted by Gasteiger charge is -2.34. The smallest absolute Gasteiger partial charge is 0.305 e. The zero-order chi connectivity index (χ0) is 15.2. The molecule has 0 aromatic heterocycles. The van der Waals surface area contributed by atoms with Gasteiger partial charge in [0.05, 0.1) is 18.8 Å². The number of carbonyl (C=O) groups is 1. The second kappa shape index (κ2) is 7.92. The van der Waals surface area contributed by atoms with Crippen LogP contribution in [0.25, 0.3) is 0 Å². The van der Waals surface area contributed by atoms with E-state index in [1.165, 1.54) is 4.31 Å². The quantitative estimate of drug-likeness (QED) is 0.539. The monoisotopic (exact) mass is 308 g/mol. The first-order chi connectivity index (χ1) is 9.35. The van der Waals surface area contributed by atoms with Crippen molar-refractivity contribution in [2.45, 2.75) is 45.8 Å². The van der Waals surface area contributed by atoms with Crippen molar-refractivity contribution in [3.05, 3.63) is 0 Å². The molecule has 0 unspecified atom stereocenters. The summed E-state index contributed by atoms with van der Waals surface area (Å²) in [6.45, 7) is 6.68. The van der Waals surface area contributed by atoms with Crippen molar-refractivity contribution in [2.24, 2.45) is 0 Å². The standard InChI is InChI=1S/C12H24N2O5S/c1-4-18-12(15)6-5-7-13-20(16,17)14-8-10(2)19-11(3)9-14/h10-11,13H,4-9H2,1-3H3/t10-,11-/m1/s1. The van der Waals surface area contributed by atoms with E-state index in [1.54, 1.807) is 6.92 Å². The first-order valence-corrected chi connectivity index (χ1v) is 8.35. The molecule has 0 aliphatic carbocycles. The molecule has 0 spiro atoms. The number of hydrogen-bond donors (Lipinski definition) is 1. The normalized spacial score (nSPS) is 24.6. The molecule has 0 amide bonds. The van der Waals surface area contributed by atoms with Crippen molar-refractivity contribution < 1.29 is 22.7 Å². The molecule has 1 saturated heterocycles. The van der Waals surface area contributed by atoms with Gasteiger partial charge in [-0.2, -0.15) is 12.7 Å². The van der Waals surface area contributed by atoms with E-state index in [2.05, 4.69) is 4.72 Å². The van der Waals surface area contributed by atoms with Crippen LogP contribution in [0.15, 0.2) is 0 Å². The highest BCUT2D eigenvalue weighted by atomic mass is 32.2. The van der Waals surface area contributed by atoms with Crippen LogP contribution in [0, 0.1) is 0 Å². The van der Waals surface area contributed by atoms with E-state index in [-0.39, 0.29) is 31.1 Å². The van der Waals surface area contributed by atoms with E-state index in [0.717, 1.165) is 0 Å². The Morgan fingerprint density at radius 1 is 1.35 bits per heavy atom. The molecule has 118 valence electrons. The molecule has 0 aromatic carbocycles. The predicted molar refractivity (Wildman–Crippen MR) is 74.4 cm³/mol. The second-order valence-corrected chi connectivity index (χ2v) is 6.64. The van der Waals surface area contributed by atoms with Gasteiger partial charge in [0, 0.05) is 26.1 Å². The van der Waals surface area contributed by atoms with E-state index in [1.807, 2.05) is 13.8 Å². The molecule has 8 heteroatoms. The van der Waals surface area contributed by atoms with E-state index < -0.39 is 10.2 Å². The molecular formula is C12H24N2O5S. The van der Waals surface area contributed by atoms with Gasteiger partial charge in [0.25, 0.3) is 10.2 Å². The van der Waals surface area contributed by atoms with Crippen molar-refractivity contribution in [3.8, 4) is 0 Å². The summed E-state index contributed by atoms with van der Waals surface area (Å²) in [5.74, 6) is -0.305. The van der Waals surface area contributed by atoms with Gasteiger partial charge >= 0.3 is 5.97 Å². The zero-order valence-corrected chi connectivity index (χ0v) is 13.1. The Hall–Kier alpha value is -0.700. The maximum atomic E-state index is 12.1. The minimum atomic E-state index is -3.51. The van der Waals surface area contributed by atoms with Gasteiger partial charge in [0.15, 0.2) is 0 Å².